The second-order valence-electron chi connectivity index (χ2n) is 2.60. The highest BCUT2D eigenvalue weighted by molar-refractivity contribution is 6.68. The van der Waals surface area contributed by atoms with Crippen molar-refractivity contribution in [3.05, 3.63) is 5.56 Å². The van der Waals surface area contributed by atoms with Crippen molar-refractivity contribution < 1.29 is 4.79 Å². The summed E-state index contributed by atoms with van der Waals surface area (Å²) in [5.74, 6) is 0. The Balaban J connectivity index is 3.66. The van der Waals surface area contributed by atoms with Gasteiger partial charge in [0, 0.05) is 0 Å². The third kappa shape index (κ3) is 1.50. The maximum atomic E-state index is 10.6. The zero-order valence-corrected chi connectivity index (χ0v) is 6.87. The average Bonchev–Trinajstić information content (AvgIpc) is 2.13. The smallest absolute Gasteiger partial charge is 0.148 e. The summed E-state index contributed by atoms with van der Waals surface area (Å²) in [5, 5.41) is 0. The van der Waals surface area contributed by atoms with Gasteiger partial charge in [-0.25, -0.2) is 0 Å². The third-order valence-electron chi connectivity index (χ3n) is 1.86. The molecule has 0 N–H and O–H groups in total. The molecule has 0 unspecified atom stereocenters. The van der Waals surface area contributed by atoms with Crippen LogP contribution in [0.4, 0.5) is 0 Å². The molecule has 0 atom stereocenters. The van der Waals surface area contributed by atoms with E-state index in [9.17, 15) is 4.79 Å². The van der Waals surface area contributed by atoms with Crippen molar-refractivity contribution in [3.8, 4) is 0 Å². The first-order valence-electron chi connectivity index (χ1n) is 3.47. The summed E-state index contributed by atoms with van der Waals surface area (Å²) in [6.45, 7) is 0. The second-order valence-corrected chi connectivity index (χ2v) is 2.60. The highest BCUT2D eigenvalue weighted by atomic mass is 16.1. The van der Waals surface area contributed by atoms with Crippen LogP contribution in [0.15, 0.2) is 0 Å². The van der Waals surface area contributed by atoms with Crippen molar-refractivity contribution >= 4 is 72.8 Å². The number of hydrogen-bond donors (Lipinski definition) is 0. The lowest BCUT2D eigenvalue weighted by atomic mass is 9.60. The van der Waals surface area contributed by atoms with Crippen LogP contribution in [0, 0.1) is 0 Å². The fourth-order valence-electron chi connectivity index (χ4n) is 0.997. The first kappa shape index (κ1) is 10.3. The van der Waals surface area contributed by atoms with Gasteiger partial charge in [0.05, 0.1) is 0 Å². The van der Waals surface area contributed by atoms with Crippen molar-refractivity contribution in [1.82, 2.24) is 0 Å². The molecule has 0 aliphatic heterocycles. The normalized spacial score (nSPS) is 9.85. The van der Waals surface area contributed by atoms with Crippen LogP contribution in [0.25, 0.3) is 0 Å². The first-order valence-corrected chi connectivity index (χ1v) is 3.47. The SMILES string of the molecule is [B]c1c([B])c([B])c(C=O)c([B])c1[B]. The van der Waals surface area contributed by atoms with E-state index in [2.05, 4.69) is 0 Å². The zero-order valence-electron chi connectivity index (χ0n) is 6.87. The van der Waals surface area contributed by atoms with Crippen LogP contribution in [0.1, 0.15) is 10.4 Å². The van der Waals surface area contributed by atoms with Crippen LogP contribution in [0.5, 0.6) is 0 Å². The maximum Gasteiger partial charge on any atom is 0.148 e. The molecule has 0 saturated carbocycles. The lowest BCUT2D eigenvalue weighted by Gasteiger charge is -2.17. The molecular weight excluding hydrogens is 154 g/mol. The first-order chi connectivity index (χ1) is 6.00. The Morgan fingerprint density at radius 3 is 1.31 bits per heavy atom. The van der Waals surface area contributed by atoms with Crippen molar-refractivity contribution in [1.29, 1.82) is 0 Å². The minimum atomic E-state index is 0.0687. The van der Waals surface area contributed by atoms with Gasteiger partial charge in [0.15, 0.2) is 0 Å². The minimum Gasteiger partial charge on any atom is -0.298 e. The largest absolute Gasteiger partial charge is 0.298 e. The summed E-state index contributed by atoms with van der Waals surface area (Å²) in [4.78, 5) is 10.6. The Hall–Kier alpha value is -0.785. The molecule has 6 heteroatoms. The molecular formula is C7HB5O. The number of hydrogen-bond acceptors (Lipinski definition) is 1. The number of carbonyl (C=O) groups is 1. The number of benzene rings is 1. The van der Waals surface area contributed by atoms with Gasteiger partial charge in [-0.05, 0) is 5.56 Å². The van der Waals surface area contributed by atoms with E-state index >= 15 is 0 Å². The van der Waals surface area contributed by atoms with E-state index in [-0.39, 0.29) is 32.9 Å². The van der Waals surface area contributed by atoms with Crippen molar-refractivity contribution in [2.75, 3.05) is 0 Å². The van der Waals surface area contributed by atoms with Crippen molar-refractivity contribution in [2.24, 2.45) is 0 Å². The molecule has 0 saturated heterocycles. The summed E-state index contributed by atoms with van der Waals surface area (Å²) in [7, 11) is 27.4. The van der Waals surface area contributed by atoms with Crippen molar-refractivity contribution in [2.45, 2.75) is 0 Å². The van der Waals surface area contributed by atoms with Gasteiger partial charge in [-0.1, -0.05) is 10.9 Å². The van der Waals surface area contributed by atoms with E-state index in [4.69, 9.17) is 39.2 Å². The fourth-order valence-corrected chi connectivity index (χ4v) is 0.997. The van der Waals surface area contributed by atoms with E-state index in [0.29, 0.717) is 6.29 Å². The molecule has 0 amide bonds. The summed E-state index contributed by atoms with van der Waals surface area (Å²) in [6.07, 6.45) is 0.497. The Morgan fingerprint density at radius 1 is 0.692 bits per heavy atom. The van der Waals surface area contributed by atoms with E-state index in [1.807, 2.05) is 0 Å². The fraction of sp³-hybridized carbons (Fsp3) is 0. The molecule has 1 aromatic rings. The lowest BCUT2D eigenvalue weighted by molar-refractivity contribution is 0.112. The van der Waals surface area contributed by atoms with Gasteiger partial charge in [0.25, 0.3) is 0 Å². The Labute approximate surface area is 83.7 Å². The molecule has 1 nitrogen and oxygen atoms in total. The van der Waals surface area contributed by atoms with E-state index in [1.54, 1.807) is 0 Å². The van der Waals surface area contributed by atoms with Gasteiger partial charge in [-0.15, -0.1) is 16.4 Å². The molecule has 0 spiro atoms. The van der Waals surface area contributed by atoms with Crippen LogP contribution in [0.2, 0.25) is 0 Å². The molecule has 0 aliphatic rings. The lowest BCUT2D eigenvalue weighted by Crippen LogP contribution is -2.56. The van der Waals surface area contributed by atoms with Crippen molar-refractivity contribution in [3.63, 3.8) is 0 Å². The summed E-state index contributed by atoms with van der Waals surface area (Å²) in [6, 6.07) is 0. The van der Waals surface area contributed by atoms with Gasteiger partial charge in [-0.2, -0.15) is 0 Å². The predicted octanol–water partition coefficient (Wildman–Crippen LogP) is -4.53. The second kappa shape index (κ2) is 3.53. The van der Waals surface area contributed by atoms with Crippen LogP contribution >= 0.6 is 0 Å². The molecule has 50 valence electrons. The average molecular weight is 155 g/mol. The molecule has 0 aliphatic carbocycles. The zero-order chi connectivity index (χ0) is 10.2. The maximum absolute atomic E-state index is 10.6. The highest BCUT2D eigenvalue weighted by Gasteiger charge is 2.08. The van der Waals surface area contributed by atoms with E-state index < -0.39 is 0 Å². The molecule has 0 aromatic heterocycles. The van der Waals surface area contributed by atoms with Crippen LogP contribution < -0.4 is 27.3 Å². The molecule has 10 radical (unpaired) electrons. The molecule has 13 heavy (non-hydrogen) atoms. The van der Waals surface area contributed by atoms with Crippen LogP contribution in [-0.2, 0) is 0 Å². The Morgan fingerprint density at radius 2 is 1.00 bits per heavy atom. The molecule has 0 bridgehead atoms. The number of rotatable bonds is 1. The monoisotopic (exact) mass is 156 g/mol. The Bertz CT molecular complexity index is 345. The standard InChI is InChI=1S/C7HB5O/c8-3-2(1-13)4(9)6(11)7(12)5(3)10/h1H. The third-order valence-corrected chi connectivity index (χ3v) is 1.86. The molecule has 1 rings (SSSR count). The summed E-state index contributed by atoms with van der Waals surface area (Å²) < 4.78 is 0. The van der Waals surface area contributed by atoms with Gasteiger partial charge in [-0.3, -0.25) is 4.79 Å². The van der Waals surface area contributed by atoms with Gasteiger partial charge >= 0.3 is 0 Å². The number of carbonyl (C=O) groups excluding carboxylic acids is 1. The highest BCUT2D eigenvalue weighted by Crippen LogP contribution is 1.78. The van der Waals surface area contributed by atoms with Crippen LogP contribution in [0.3, 0.4) is 0 Å². The quantitative estimate of drug-likeness (QED) is 0.295. The summed E-state index contributed by atoms with van der Waals surface area (Å²) >= 11 is 0. The number of aldehydes is 1. The minimum absolute atomic E-state index is 0.0687. The van der Waals surface area contributed by atoms with E-state index in [1.165, 1.54) is 0 Å². The van der Waals surface area contributed by atoms with E-state index in [0.717, 1.165) is 0 Å². The molecule has 1 aromatic carbocycles. The molecule has 0 heterocycles. The molecule has 0 fully saturated rings. The van der Waals surface area contributed by atoms with Gasteiger partial charge in [0.1, 0.15) is 45.5 Å². The predicted molar refractivity (Wildman–Crippen MR) is 58.8 cm³/mol. The topological polar surface area (TPSA) is 17.1 Å². The summed E-state index contributed by atoms with van der Waals surface area (Å²) in [5.41, 5.74) is 0.519. The van der Waals surface area contributed by atoms with Gasteiger partial charge < -0.3 is 0 Å². The van der Waals surface area contributed by atoms with Gasteiger partial charge in [0.2, 0.25) is 0 Å². The van der Waals surface area contributed by atoms with Crippen LogP contribution in [-0.4, -0.2) is 45.5 Å². The Kier molecular flexibility index (Phi) is 2.79.